The Morgan fingerprint density at radius 2 is 2.09 bits per heavy atom. The van der Waals surface area contributed by atoms with Gasteiger partial charge in [-0.2, -0.15) is 0 Å². The molecule has 0 aliphatic heterocycles. The fraction of sp³-hybridized carbons (Fsp3) is 0.778. The molecule has 1 unspecified atom stereocenters. The summed E-state index contributed by atoms with van der Waals surface area (Å²) in [5.41, 5.74) is 0. The van der Waals surface area contributed by atoms with Gasteiger partial charge in [0.1, 0.15) is 11.6 Å². The molecule has 2 heteroatoms. The van der Waals surface area contributed by atoms with E-state index in [0.29, 0.717) is 6.42 Å². The minimum Gasteiger partial charge on any atom is -0.299 e. The number of carbonyl (C=O) groups is 2. The van der Waals surface area contributed by atoms with Gasteiger partial charge in [-0.1, -0.05) is 12.8 Å². The summed E-state index contributed by atoms with van der Waals surface area (Å²) in [6.45, 7) is 1.52. The van der Waals surface area contributed by atoms with Gasteiger partial charge in [0.25, 0.3) is 0 Å². The lowest BCUT2D eigenvalue weighted by Gasteiger charge is -2.06. The molecule has 1 rings (SSSR count). The van der Waals surface area contributed by atoms with Crippen LogP contribution in [-0.4, -0.2) is 11.6 Å². The zero-order chi connectivity index (χ0) is 8.27. The molecule has 2 nitrogen and oxygen atoms in total. The van der Waals surface area contributed by atoms with Crippen LogP contribution in [0.25, 0.3) is 0 Å². The second-order valence-corrected chi connectivity index (χ2v) is 3.23. The SMILES string of the molecule is CC(=O)C1CCCCCC1=O. The molecule has 1 aliphatic rings. The maximum atomic E-state index is 11.2. The van der Waals surface area contributed by atoms with Gasteiger partial charge in [0.05, 0.1) is 5.92 Å². The second kappa shape index (κ2) is 3.65. The van der Waals surface area contributed by atoms with Gasteiger partial charge in [-0.05, 0) is 19.8 Å². The maximum absolute atomic E-state index is 11.2. The van der Waals surface area contributed by atoms with Gasteiger partial charge in [-0.15, -0.1) is 0 Å². The zero-order valence-electron chi connectivity index (χ0n) is 6.93. The normalized spacial score (nSPS) is 26.3. The summed E-state index contributed by atoms with van der Waals surface area (Å²) < 4.78 is 0. The van der Waals surface area contributed by atoms with Crippen molar-refractivity contribution in [3.8, 4) is 0 Å². The van der Waals surface area contributed by atoms with Crippen molar-refractivity contribution in [1.29, 1.82) is 0 Å². The van der Waals surface area contributed by atoms with E-state index >= 15 is 0 Å². The fourth-order valence-corrected chi connectivity index (χ4v) is 1.59. The number of Topliss-reactive ketones (excluding diaryl/α,β-unsaturated/α-hetero) is 2. The molecule has 1 aliphatic carbocycles. The van der Waals surface area contributed by atoms with Gasteiger partial charge in [-0.3, -0.25) is 9.59 Å². The Balaban J connectivity index is 2.59. The van der Waals surface area contributed by atoms with Crippen LogP contribution >= 0.6 is 0 Å². The molecule has 0 spiro atoms. The van der Waals surface area contributed by atoms with E-state index < -0.39 is 0 Å². The van der Waals surface area contributed by atoms with Crippen LogP contribution in [0.5, 0.6) is 0 Å². The minimum absolute atomic E-state index is 0.0527. The molecule has 0 radical (unpaired) electrons. The van der Waals surface area contributed by atoms with E-state index in [9.17, 15) is 9.59 Å². The van der Waals surface area contributed by atoms with Crippen molar-refractivity contribution in [2.45, 2.75) is 39.0 Å². The first kappa shape index (κ1) is 8.44. The molecular formula is C9H14O2. The first-order valence-electron chi connectivity index (χ1n) is 4.25. The van der Waals surface area contributed by atoms with Gasteiger partial charge in [-0.25, -0.2) is 0 Å². The van der Waals surface area contributed by atoms with E-state index in [0.717, 1.165) is 25.7 Å². The van der Waals surface area contributed by atoms with E-state index in [1.807, 2.05) is 0 Å². The Morgan fingerprint density at radius 3 is 2.73 bits per heavy atom. The largest absolute Gasteiger partial charge is 0.299 e. The predicted octanol–water partition coefficient (Wildman–Crippen LogP) is 1.72. The van der Waals surface area contributed by atoms with Gasteiger partial charge < -0.3 is 0 Å². The van der Waals surface area contributed by atoms with E-state index in [2.05, 4.69) is 0 Å². The van der Waals surface area contributed by atoms with Crippen LogP contribution < -0.4 is 0 Å². The van der Waals surface area contributed by atoms with Gasteiger partial charge in [0, 0.05) is 6.42 Å². The van der Waals surface area contributed by atoms with Crippen LogP contribution in [-0.2, 0) is 9.59 Å². The Bertz CT molecular complexity index is 172. The highest BCUT2D eigenvalue weighted by Gasteiger charge is 2.23. The maximum Gasteiger partial charge on any atom is 0.143 e. The molecule has 0 bridgehead atoms. The molecule has 62 valence electrons. The first-order valence-corrected chi connectivity index (χ1v) is 4.25. The lowest BCUT2D eigenvalue weighted by Crippen LogP contribution is -2.19. The molecule has 0 saturated heterocycles. The van der Waals surface area contributed by atoms with Crippen LogP contribution in [0.1, 0.15) is 39.0 Å². The second-order valence-electron chi connectivity index (χ2n) is 3.23. The molecule has 1 saturated carbocycles. The topological polar surface area (TPSA) is 34.1 Å². The molecule has 1 fully saturated rings. The van der Waals surface area contributed by atoms with Crippen LogP contribution in [0.15, 0.2) is 0 Å². The lowest BCUT2D eigenvalue weighted by molar-refractivity contribution is -0.131. The third kappa shape index (κ3) is 2.14. The minimum atomic E-state index is -0.266. The quantitative estimate of drug-likeness (QED) is 0.425. The standard InChI is InChI=1S/C9H14O2/c1-7(10)8-5-3-2-4-6-9(8)11/h8H,2-6H2,1H3. The summed E-state index contributed by atoms with van der Waals surface area (Å²) in [7, 11) is 0. The van der Waals surface area contributed by atoms with Crippen LogP contribution in [0, 0.1) is 5.92 Å². The average molecular weight is 154 g/mol. The third-order valence-corrected chi connectivity index (χ3v) is 2.30. The Labute approximate surface area is 67.0 Å². The van der Waals surface area contributed by atoms with E-state index in [1.165, 1.54) is 6.92 Å². The van der Waals surface area contributed by atoms with Crippen molar-refractivity contribution in [1.82, 2.24) is 0 Å². The van der Waals surface area contributed by atoms with Crippen LogP contribution in [0.3, 0.4) is 0 Å². The Kier molecular flexibility index (Phi) is 2.80. The van der Waals surface area contributed by atoms with Crippen molar-refractivity contribution in [3.05, 3.63) is 0 Å². The fourth-order valence-electron chi connectivity index (χ4n) is 1.59. The number of ketones is 2. The van der Waals surface area contributed by atoms with Crippen molar-refractivity contribution in [2.24, 2.45) is 5.92 Å². The molecule has 0 amide bonds. The van der Waals surface area contributed by atoms with Crippen molar-refractivity contribution < 1.29 is 9.59 Å². The van der Waals surface area contributed by atoms with Crippen LogP contribution in [0.4, 0.5) is 0 Å². The van der Waals surface area contributed by atoms with E-state index in [-0.39, 0.29) is 17.5 Å². The first-order chi connectivity index (χ1) is 5.22. The number of hydrogen-bond acceptors (Lipinski definition) is 2. The number of carbonyl (C=O) groups excluding carboxylic acids is 2. The molecular weight excluding hydrogens is 140 g/mol. The van der Waals surface area contributed by atoms with Gasteiger partial charge >= 0.3 is 0 Å². The zero-order valence-corrected chi connectivity index (χ0v) is 6.93. The summed E-state index contributed by atoms with van der Waals surface area (Å²) >= 11 is 0. The van der Waals surface area contributed by atoms with Crippen molar-refractivity contribution in [3.63, 3.8) is 0 Å². The Morgan fingerprint density at radius 1 is 1.36 bits per heavy atom. The third-order valence-electron chi connectivity index (χ3n) is 2.30. The van der Waals surface area contributed by atoms with Crippen molar-refractivity contribution in [2.75, 3.05) is 0 Å². The summed E-state index contributed by atoms with van der Waals surface area (Å²) in [5.74, 6) is -0.0515. The van der Waals surface area contributed by atoms with E-state index in [4.69, 9.17) is 0 Å². The molecule has 0 aromatic heterocycles. The van der Waals surface area contributed by atoms with Gasteiger partial charge in [0.15, 0.2) is 0 Å². The highest BCUT2D eigenvalue weighted by Crippen LogP contribution is 2.20. The molecule has 0 aromatic carbocycles. The molecule has 11 heavy (non-hydrogen) atoms. The van der Waals surface area contributed by atoms with Gasteiger partial charge in [0.2, 0.25) is 0 Å². The Hall–Kier alpha value is -0.660. The highest BCUT2D eigenvalue weighted by molar-refractivity contribution is 6.01. The highest BCUT2D eigenvalue weighted by atomic mass is 16.1. The molecule has 1 atom stereocenters. The predicted molar refractivity (Wildman–Crippen MR) is 42.3 cm³/mol. The van der Waals surface area contributed by atoms with E-state index in [1.54, 1.807) is 0 Å². The summed E-state index contributed by atoms with van der Waals surface area (Å²) in [6.07, 6.45) is 4.52. The summed E-state index contributed by atoms with van der Waals surface area (Å²) in [5, 5.41) is 0. The summed E-state index contributed by atoms with van der Waals surface area (Å²) in [4.78, 5) is 22.2. The van der Waals surface area contributed by atoms with Crippen LogP contribution in [0.2, 0.25) is 0 Å². The number of hydrogen-bond donors (Lipinski definition) is 0. The van der Waals surface area contributed by atoms with Crippen molar-refractivity contribution >= 4 is 11.6 Å². The lowest BCUT2D eigenvalue weighted by atomic mass is 9.95. The molecule has 0 heterocycles. The molecule has 0 N–H and O–H groups in total. The smallest absolute Gasteiger partial charge is 0.143 e. The monoisotopic (exact) mass is 154 g/mol. The average Bonchev–Trinajstić information content (AvgIpc) is 2.13. The molecule has 0 aromatic rings. The number of rotatable bonds is 1. The summed E-state index contributed by atoms with van der Waals surface area (Å²) in [6, 6.07) is 0.